The zero-order valence-electron chi connectivity index (χ0n) is 11.9. The number of rotatable bonds is 5. The van der Waals surface area contributed by atoms with Crippen LogP contribution in [0.15, 0.2) is 30.3 Å². The Morgan fingerprint density at radius 2 is 2.00 bits per heavy atom. The molecule has 1 N–H and O–H groups in total. The van der Waals surface area contributed by atoms with Crippen molar-refractivity contribution in [3.8, 4) is 0 Å². The van der Waals surface area contributed by atoms with E-state index >= 15 is 0 Å². The van der Waals surface area contributed by atoms with Gasteiger partial charge in [-0.3, -0.25) is 9.69 Å². The van der Waals surface area contributed by atoms with Gasteiger partial charge >= 0.3 is 12.1 Å². The van der Waals surface area contributed by atoms with Crippen LogP contribution in [-0.2, 0) is 9.53 Å². The summed E-state index contributed by atoms with van der Waals surface area (Å²) in [5.74, 6) is -0.925. The Balaban J connectivity index is 2.30. The number of alkyl halides is 1. The normalized spacial score (nSPS) is 24.5. The molecule has 114 valence electrons. The Morgan fingerprint density at radius 1 is 1.38 bits per heavy atom. The topological polar surface area (TPSA) is 66.8 Å². The first-order valence-electron chi connectivity index (χ1n) is 6.81. The fraction of sp³-hybridized carbons (Fsp3) is 0.467. The molecular weight excluding hydrogens is 385 g/mol. The van der Waals surface area contributed by atoms with Crippen molar-refractivity contribution in [3.63, 3.8) is 0 Å². The molecule has 0 aromatic heterocycles. The van der Waals surface area contributed by atoms with Gasteiger partial charge in [0.25, 0.3) is 0 Å². The van der Waals surface area contributed by atoms with Crippen molar-refractivity contribution in [2.45, 2.75) is 42.4 Å². The third kappa shape index (κ3) is 3.48. The SMILES string of the molecule is C[C@H](I)[C@@H]1OC(=O)N([C@H](C)c2ccccc2)[C@H]1CC(=O)O. The third-order valence-corrected chi connectivity index (χ3v) is 4.43. The molecule has 1 aliphatic rings. The highest BCUT2D eigenvalue weighted by molar-refractivity contribution is 14.1. The van der Waals surface area contributed by atoms with E-state index in [0.29, 0.717) is 0 Å². The number of halogens is 1. The van der Waals surface area contributed by atoms with E-state index < -0.39 is 24.2 Å². The maximum atomic E-state index is 12.2. The minimum atomic E-state index is -0.925. The number of aliphatic carboxylic acids is 1. The van der Waals surface area contributed by atoms with Gasteiger partial charge in [0.2, 0.25) is 0 Å². The summed E-state index contributed by atoms with van der Waals surface area (Å²) in [5, 5.41) is 9.13. The van der Waals surface area contributed by atoms with Crippen molar-refractivity contribution in [3.05, 3.63) is 35.9 Å². The summed E-state index contributed by atoms with van der Waals surface area (Å²) in [4.78, 5) is 24.9. The number of hydrogen-bond donors (Lipinski definition) is 1. The molecule has 6 heteroatoms. The largest absolute Gasteiger partial charge is 0.481 e. The van der Waals surface area contributed by atoms with Crippen molar-refractivity contribution < 1.29 is 19.4 Å². The van der Waals surface area contributed by atoms with Crippen LogP contribution in [0.3, 0.4) is 0 Å². The number of carbonyl (C=O) groups excluding carboxylic acids is 1. The number of carboxylic acids is 1. The van der Waals surface area contributed by atoms with Crippen LogP contribution in [-0.4, -0.2) is 38.1 Å². The lowest BCUT2D eigenvalue weighted by atomic mass is 10.0. The molecule has 1 fully saturated rings. The average Bonchev–Trinajstić information content (AvgIpc) is 2.75. The molecule has 0 unspecified atom stereocenters. The average molecular weight is 403 g/mol. The molecule has 1 amide bonds. The second-order valence-corrected chi connectivity index (χ2v) is 7.15. The molecular formula is C15H18INO4. The van der Waals surface area contributed by atoms with Crippen molar-refractivity contribution in [1.82, 2.24) is 4.90 Å². The van der Waals surface area contributed by atoms with Gasteiger partial charge < -0.3 is 9.84 Å². The number of carbonyl (C=O) groups is 2. The number of cyclic esters (lactones) is 1. The summed E-state index contributed by atoms with van der Waals surface area (Å²) >= 11 is 2.17. The van der Waals surface area contributed by atoms with E-state index in [4.69, 9.17) is 9.84 Å². The van der Waals surface area contributed by atoms with Crippen molar-refractivity contribution in [2.24, 2.45) is 0 Å². The molecule has 1 saturated heterocycles. The zero-order valence-corrected chi connectivity index (χ0v) is 14.1. The zero-order chi connectivity index (χ0) is 15.6. The van der Waals surface area contributed by atoms with Gasteiger partial charge in [-0.05, 0) is 19.4 Å². The van der Waals surface area contributed by atoms with E-state index in [0.717, 1.165) is 5.56 Å². The third-order valence-electron chi connectivity index (χ3n) is 3.72. The molecule has 1 aromatic rings. The Morgan fingerprint density at radius 3 is 2.52 bits per heavy atom. The van der Waals surface area contributed by atoms with Crippen LogP contribution >= 0.6 is 22.6 Å². The van der Waals surface area contributed by atoms with Crippen molar-refractivity contribution in [1.29, 1.82) is 0 Å². The maximum absolute atomic E-state index is 12.2. The van der Waals surface area contributed by atoms with E-state index in [-0.39, 0.29) is 16.4 Å². The molecule has 2 rings (SSSR count). The van der Waals surface area contributed by atoms with E-state index in [1.54, 1.807) is 4.90 Å². The number of amides is 1. The molecule has 0 aliphatic carbocycles. The molecule has 21 heavy (non-hydrogen) atoms. The first-order chi connectivity index (χ1) is 9.91. The fourth-order valence-corrected chi connectivity index (χ4v) is 3.31. The molecule has 0 radical (unpaired) electrons. The summed E-state index contributed by atoms with van der Waals surface area (Å²) in [6, 6.07) is 8.90. The van der Waals surface area contributed by atoms with Gasteiger partial charge in [-0.25, -0.2) is 4.79 Å². The highest BCUT2D eigenvalue weighted by Crippen LogP contribution is 2.34. The molecule has 0 saturated carbocycles. The first-order valence-corrected chi connectivity index (χ1v) is 8.06. The molecule has 5 nitrogen and oxygen atoms in total. The summed E-state index contributed by atoms with van der Waals surface area (Å²) in [6.07, 6.45) is -0.951. The highest BCUT2D eigenvalue weighted by Gasteiger charge is 2.46. The van der Waals surface area contributed by atoms with Gasteiger partial charge in [-0.15, -0.1) is 0 Å². The monoisotopic (exact) mass is 403 g/mol. The van der Waals surface area contributed by atoms with Gasteiger partial charge in [0.05, 0.1) is 18.5 Å². The van der Waals surface area contributed by atoms with Crippen LogP contribution in [0.1, 0.15) is 31.9 Å². The quantitative estimate of drug-likeness (QED) is 0.606. The van der Waals surface area contributed by atoms with Crippen LogP contribution in [0.4, 0.5) is 4.79 Å². The Bertz CT molecular complexity index is 520. The lowest BCUT2D eigenvalue weighted by Crippen LogP contribution is -2.42. The number of benzene rings is 1. The van der Waals surface area contributed by atoms with Crippen LogP contribution in [0, 0.1) is 0 Å². The Hall–Kier alpha value is -1.31. The smallest absolute Gasteiger partial charge is 0.411 e. The van der Waals surface area contributed by atoms with Crippen LogP contribution in [0.25, 0.3) is 0 Å². The predicted molar refractivity (Wildman–Crippen MR) is 86.5 cm³/mol. The van der Waals surface area contributed by atoms with Crippen LogP contribution in [0.2, 0.25) is 0 Å². The predicted octanol–water partition coefficient (Wildman–Crippen LogP) is 3.24. The maximum Gasteiger partial charge on any atom is 0.411 e. The molecule has 1 aliphatic heterocycles. The Kier molecular flexibility index (Phi) is 5.08. The van der Waals surface area contributed by atoms with E-state index in [1.807, 2.05) is 44.2 Å². The number of ether oxygens (including phenoxy) is 1. The summed E-state index contributed by atoms with van der Waals surface area (Å²) < 4.78 is 5.45. The molecule has 0 bridgehead atoms. The summed E-state index contributed by atoms with van der Waals surface area (Å²) in [7, 11) is 0. The highest BCUT2D eigenvalue weighted by atomic mass is 127. The second-order valence-electron chi connectivity index (χ2n) is 5.19. The lowest BCUT2D eigenvalue weighted by Gasteiger charge is -2.29. The fourth-order valence-electron chi connectivity index (χ4n) is 2.68. The van der Waals surface area contributed by atoms with Gasteiger partial charge in [-0.2, -0.15) is 0 Å². The lowest BCUT2D eigenvalue weighted by molar-refractivity contribution is -0.138. The van der Waals surface area contributed by atoms with E-state index in [1.165, 1.54) is 0 Å². The van der Waals surface area contributed by atoms with Crippen molar-refractivity contribution in [2.75, 3.05) is 0 Å². The van der Waals surface area contributed by atoms with Crippen LogP contribution < -0.4 is 0 Å². The second kappa shape index (κ2) is 6.64. The van der Waals surface area contributed by atoms with Gasteiger partial charge in [-0.1, -0.05) is 52.9 Å². The van der Waals surface area contributed by atoms with E-state index in [9.17, 15) is 9.59 Å². The summed E-state index contributed by atoms with van der Waals surface area (Å²) in [5.41, 5.74) is 0.964. The first kappa shape index (κ1) is 16.1. The molecule has 1 aromatic carbocycles. The van der Waals surface area contributed by atoms with Gasteiger partial charge in [0, 0.05) is 3.92 Å². The van der Waals surface area contributed by atoms with Gasteiger partial charge in [0.1, 0.15) is 6.10 Å². The summed E-state index contributed by atoms with van der Waals surface area (Å²) in [6.45, 7) is 3.82. The minimum Gasteiger partial charge on any atom is -0.481 e. The molecule has 0 spiro atoms. The Labute approximate surface area is 137 Å². The van der Waals surface area contributed by atoms with Crippen molar-refractivity contribution >= 4 is 34.7 Å². The number of hydrogen-bond acceptors (Lipinski definition) is 3. The van der Waals surface area contributed by atoms with Gasteiger partial charge in [0.15, 0.2) is 0 Å². The molecule has 4 atom stereocenters. The van der Waals surface area contributed by atoms with Crippen LogP contribution in [0.5, 0.6) is 0 Å². The molecule has 1 heterocycles. The minimum absolute atomic E-state index is 0.0453. The van der Waals surface area contributed by atoms with E-state index in [2.05, 4.69) is 22.6 Å². The number of carboxylic acid groups (broad SMARTS) is 1. The number of nitrogens with zero attached hydrogens (tertiary/aromatic N) is 1. The standard InChI is InChI=1S/C15H18INO4/c1-9(16)14-12(8-13(18)19)17(15(20)21-14)10(2)11-6-4-3-5-7-11/h3-7,9-10,12,14H,8H2,1-2H3,(H,18,19)/t9-,10+,12-,14-/m0/s1.